The van der Waals surface area contributed by atoms with Crippen LogP contribution in [0.5, 0.6) is 0 Å². The average molecular weight is 309 g/mol. The molecule has 2 unspecified atom stereocenters. The van der Waals surface area contributed by atoms with Crippen LogP contribution in [0.25, 0.3) is 0 Å². The fourth-order valence-corrected chi connectivity index (χ4v) is 3.68. The molecule has 2 atom stereocenters. The van der Waals surface area contributed by atoms with Crippen LogP contribution in [0.1, 0.15) is 52.1 Å². The van der Waals surface area contributed by atoms with Crippen molar-refractivity contribution in [3.05, 3.63) is 16.6 Å². The van der Waals surface area contributed by atoms with Crippen LogP contribution in [0.3, 0.4) is 0 Å². The Bertz CT molecular complexity index is 525. The highest BCUT2D eigenvalue weighted by molar-refractivity contribution is 7.09. The summed E-state index contributed by atoms with van der Waals surface area (Å²) < 4.78 is 0. The summed E-state index contributed by atoms with van der Waals surface area (Å²) >= 11 is 1.53. The molecule has 0 spiro atoms. The zero-order valence-electron chi connectivity index (χ0n) is 13.2. The van der Waals surface area contributed by atoms with Gasteiger partial charge in [-0.15, -0.1) is 11.3 Å². The number of aromatic nitrogens is 1. The Kier molecular flexibility index (Phi) is 4.37. The minimum absolute atomic E-state index is 0.0390. The summed E-state index contributed by atoms with van der Waals surface area (Å²) in [7, 11) is 0. The van der Waals surface area contributed by atoms with Gasteiger partial charge in [0.05, 0.1) is 6.04 Å². The van der Waals surface area contributed by atoms with Gasteiger partial charge in [0.15, 0.2) is 0 Å². The summed E-state index contributed by atoms with van der Waals surface area (Å²) in [6.07, 6.45) is 2.48. The molecular weight excluding hydrogens is 286 g/mol. The van der Waals surface area contributed by atoms with E-state index in [0.29, 0.717) is 0 Å². The number of hydrogen-bond donors (Lipinski definition) is 1. The summed E-state index contributed by atoms with van der Waals surface area (Å²) in [4.78, 5) is 31.5. The molecule has 0 bridgehead atoms. The van der Waals surface area contributed by atoms with Crippen LogP contribution < -0.4 is 5.32 Å². The van der Waals surface area contributed by atoms with Gasteiger partial charge in [0, 0.05) is 11.6 Å². The standard InChI is InChI=1S/C15H23N3O2S/c1-6-10(13-16-7-8-21-13)18-11(9(2)3)12(19)17-15(4,5)14(18)20/h7-11H,6H2,1-5H3,(H,17,19). The minimum Gasteiger partial charge on any atom is -0.340 e. The van der Waals surface area contributed by atoms with Crippen molar-refractivity contribution < 1.29 is 9.59 Å². The molecule has 21 heavy (non-hydrogen) atoms. The monoisotopic (exact) mass is 309 g/mol. The van der Waals surface area contributed by atoms with Gasteiger partial charge >= 0.3 is 0 Å². The first-order valence-corrected chi connectivity index (χ1v) is 8.21. The number of hydrogen-bond acceptors (Lipinski definition) is 4. The number of nitrogens with zero attached hydrogens (tertiary/aromatic N) is 2. The third-order valence-electron chi connectivity index (χ3n) is 3.86. The molecule has 2 amide bonds. The van der Waals surface area contributed by atoms with Crippen LogP contribution in [0.2, 0.25) is 0 Å². The molecule has 2 heterocycles. The maximum atomic E-state index is 12.9. The Hall–Kier alpha value is -1.43. The van der Waals surface area contributed by atoms with Crippen LogP contribution in [0.4, 0.5) is 0 Å². The van der Waals surface area contributed by atoms with E-state index in [1.165, 1.54) is 11.3 Å². The molecule has 1 fully saturated rings. The summed E-state index contributed by atoms with van der Waals surface area (Å²) in [5, 5.41) is 5.64. The van der Waals surface area contributed by atoms with E-state index in [1.807, 2.05) is 26.2 Å². The van der Waals surface area contributed by atoms with Gasteiger partial charge in [-0.2, -0.15) is 0 Å². The number of thiazole rings is 1. The van der Waals surface area contributed by atoms with E-state index in [1.54, 1.807) is 24.9 Å². The Labute approximate surface area is 129 Å². The minimum atomic E-state index is -0.868. The predicted octanol–water partition coefficient (Wildman–Crippen LogP) is 2.36. The molecule has 116 valence electrons. The molecule has 0 saturated carbocycles. The van der Waals surface area contributed by atoms with E-state index < -0.39 is 11.6 Å². The highest BCUT2D eigenvalue weighted by atomic mass is 32.1. The third kappa shape index (κ3) is 2.81. The fourth-order valence-electron chi connectivity index (χ4n) is 2.86. The van der Waals surface area contributed by atoms with E-state index in [4.69, 9.17) is 0 Å². The summed E-state index contributed by atoms with van der Waals surface area (Å²) in [5.74, 6) is -0.0634. The van der Waals surface area contributed by atoms with Crippen molar-refractivity contribution in [2.24, 2.45) is 5.92 Å². The van der Waals surface area contributed by atoms with Crippen molar-refractivity contribution in [2.45, 2.75) is 58.7 Å². The number of amides is 2. The normalized spacial score (nSPS) is 23.3. The second-order valence-electron chi connectivity index (χ2n) is 6.31. The van der Waals surface area contributed by atoms with Gasteiger partial charge in [0.25, 0.3) is 0 Å². The highest BCUT2D eigenvalue weighted by Gasteiger charge is 2.49. The van der Waals surface area contributed by atoms with Crippen molar-refractivity contribution in [3.8, 4) is 0 Å². The van der Waals surface area contributed by atoms with Gasteiger partial charge in [-0.25, -0.2) is 4.98 Å². The van der Waals surface area contributed by atoms with Crippen molar-refractivity contribution >= 4 is 23.2 Å². The van der Waals surface area contributed by atoms with Crippen molar-refractivity contribution in [3.63, 3.8) is 0 Å². The molecule has 1 aromatic rings. The van der Waals surface area contributed by atoms with Gasteiger partial charge in [-0.3, -0.25) is 9.59 Å². The zero-order valence-corrected chi connectivity index (χ0v) is 14.0. The van der Waals surface area contributed by atoms with Crippen LogP contribution in [-0.4, -0.2) is 33.3 Å². The zero-order chi connectivity index (χ0) is 15.8. The first-order chi connectivity index (χ1) is 9.79. The molecule has 0 radical (unpaired) electrons. The van der Waals surface area contributed by atoms with Crippen molar-refractivity contribution in [2.75, 3.05) is 0 Å². The van der Waals surface area contributed by atoms with Gasteiger partial charge in [-0.05, 0) is 26.2 Å². The third-order valence-corrected chi connectivity index (χ3v) is 4.74. The topological polar surface area (TPSA) is 62.3 Å². The lowest BCUT2D eigenvalue weighted by atomic mass is 9.89. The Morgan fingerprint density at radius 2 is 2.10 bits per heavy atom. The molecule has 0 aromatic carbocycles. The first kappa shape index (κ1) is 15.9. The lowest BCUT2D eigenvalue weighted by Crippen LogP contribution is -2.69. The Morgan fingerprint density at radius 1 is 1.43 bits per heavy atom. The van der Waals surface area contributed by atoms with Crippen LogP contribution >= 0.6 is 11.3 Å². The predicted molar refractivity (Wildman–Crippen MR) is 82.8 cm³/mol. The lowest BCUT2D eigenvalue weighted by Gasteiger charge is -2.47. The fraction of sp³-hybridized carbons (Fsp3) is 0.667. The van der Waals surface area contributed by atoms with E-state index in [-0.39, 0.29) is 23.8 Å². The quantitative estimate of drug-likeness (QED) is 0.928. The SMILES string of the molecule is CCC(c1nccs1)N1C(=O)C(C)(C)NC(=O)C1C(C)C. The van der Waals surface area contributed by atoms with Gasteiger partial charge in [-0.1, -0.05) is 20.8 Å². The van der Waals surface area contributed by atoms with Gasteiger partial charge in [0.1, 0.15) is 16.6 Å². The summed E-state index contributed by atoms with van der Waals surface area (Å²) in [5.41, 5.74) is -0.868. The maximum Gasteiger partial charge on any atom is 0.249 e. The number of nitrogens with one attached hydrogen (secondary N) is 1. The van der Waals surface area contributed by atoms with E-state index in [0.717, 1.165) is 11.4 Å². The molecule has 1 aliphatic rings. The first-order valence-electron chi connectivity index (χ1n) is 7.33. The number of carbonyl (C=O) groups is 2. The van der Waals surface area contributed by atoms with E-state index >= 15 is 0 Å². The smallest absolute Gasteiger partial charge is 0.249 e. The molecule has 6 heteroatoms. The average Bonchev–Trinajstić information content (AvgIpc) is 2.88. The van der Waals surface area contributed by atoms with Gasteiger partial charge < -0.3 is 10.2 Å². The van der Waals surface area contributed by atoms with Crippen molar-refractivity contribution in [1.29, 1.82) is 0 Å². The van der Waals surface area contributed by atoms with Crippen LogP contribution in [0.15, 0.2) is 11.6 Å². The molecule has 5 nitrogen and oxygen atoms in total. The largest absolute Gasteiger partial charge is 0.340 e. The number of piperazine rings is 1. The Balaban J connectivity index is 2.47. The van der Waals surface area contributed by atoms with Gasteiger partial charge in [0.2, 0.25) is 11.8 Å². The van der Waals surface area contributed by atoms with Crippen LogP contribution in [0, 0.1) is 5.92 Å². The number of carbonyl (C=O) groups excluding carboxylic acids is 2. The molecular formula is C15H23N3O2S. The molecule has 1 saturated heterocycles. The van der Waals surface area contributed by atoms with Crippen LogP contribution in [-0.2, 0) is 9.59 Å². The van der Waals surface area contributed by atoms with E-state index in [2.05, 4.69) is 10.3 Å². The maximum absolute atomic E-state index is 12.9. The summed E-state index contributed by atoms with van der Waals surface area (Å²) in [6, 6.07) is -0.588. The van der Waals surface area contributed by atoms with Crippen molar-refractivity contribution in [1.82, 2.24) is 15.2 Å². The molecule has 1 N–H and O–H groups in total. The second-order valence-corrected chi connectivity index (χ2v) is 7.24. The lowest BCUT2D eigenvalue weighted by molar-refractivity contribution is -0.158. The van der Waals surface area contributed by atoms with E-state index in [9.17, 15) is 9.59 Å². The Morgan fingerprint density at radius 3 is 2.57 bits per heavy atom. The molecule has 0 aliphatic carbocycles. The molecule has 1 aliphatic heterocycles. The molecule has 1 aromatic heterocycles. The number of rotatable bonds is 4. The second kappa shape index (κ2) is 5.75. The molecule has 2 rings (SSSR count). The summed E-state index contributed by atoms with van der Waals surface area (Å²) in [6.45, 7) is 9.47. The highest BCUT2D eigenvalue weighted by Crippen LogP contribution is 2.34.